The minimum atomic E-state index is 0.217. The molecule has 90 valence electrons. The maximum Gasteiger partial charge on any atom is 0.243 e. The van der Waals surface area contributed by atoms with Crippen molar-refractivity contribution in [3.8, 4) is 0 Å². The van der Waals surface area contributed by atoms with E-state index in [4.69, 9.17) is 0 Å². The number of fused-ring (bicyclic) bond motifs is 1. The van der Waals surface area contributed by atoms with Crippen LogP contribution in [-0.4, -0.2) is 38.1 Å². The van der Waals surface area contributed by atoms with Gasteiger partial charge in [-0.3, -0.25) is 4.68 Å². The smallest absolute Gasteiger partial charge is 0.243 e. The standard InChI is InChI=1S/C10H15N7/c1-11-9-14-10-12-4-3-8(17(10)15-9)7-5-13-16(2)6-7/h5-6,8H,3-4H2,1-2H3,(H2,11,12,14,15). The highest BCUT2D eigenvalue weighted by atomic mass is 15.5. The second kappa shape index (κ2) is 3.76. The third kappa shape index (κ3) is 1.63. The van der Waals surface area contributed by atoms with E-state index in [2.05, 4.69) is 25.8 Å². The van der Waals surface area contributed by atoms with Crippen LogP contribution in [0.25, 0.3) is 0 Å². The quantitative estimate of drug-likeness (QED) is 0.788. The molecule has 0 spiro atoms. The van der Waals surface area contributed by atoms with Crippen LogP contribution in [0.1, 0.15) is 18.0 Å². The van der Waals surface area contributed by atoms with Crippen molar-refractivity contribution in [1.29, 1.82) is 0 Å². The van der Waals surface area contributed by atoms with Gasteiger partial charge >= 0.3 is 0 Å². The van der Waals surface area contributed by atoms with Crippen LogP contribution in [0.2, 0.25) is 0 Å². The Morgan fingerprint density at radius 3 is 3.12 bits per heavy atom. The van der Waals surface area contributed by atoms with Gasteiger partial charge in [-0.2, -0.15) is 10.1 Å². The van der Waals surface area contributed by atoms with Crippen molar-refractivity contribution < 1.29 is 0 Å². The van der Waals surface area contributed by atoms with Gasteiger partial charge in [-0.05, 0) is 6.42 Å². The lowest BCUT2D eigenvalue weighted by molar-refractivity contribution is 0.481. The lowest BCUT2D eigenvalue weighted by Crippen LogP contribution is -2.24. The molecule has 0 saturated carbocycles. The van der Waals surface area contributed by atoms with Gasteiger partial charge in [-0.1, -0.05) is 0 Å². The van der Waals surface area contributed by atoms with Crippen LogP contribution in [0.15, 0.2) is 12.4 Å². The van der Waals surface area contributed by atoms with Gasteiger partial charge in [0.25, 0.3) is 0 Å². The van der Waals surface area contributed by atoms with E-state index in [-0.39, 0.29) is 6.04 Å². The summed E-state index contributed by atoms with van der Waals surface area (Å²) in [5, 5.41) is 14.8. The number of aryl methyl sites for hydroxylation is 1. The first-order chi connectivity index (χ1) is 8.28. The summed E-state index contributed by atoms with van der Waals surface area (Å²) < 4.78 is 3.74. The summed E-state index contributed by atoms with van der Waals surface area (Å²) >= 11 is 0. The van der Waals surface area contributed by atoms with Gasteiger partial charge in [0.1, 0.15) is 0 Å². The molecule has 0 radical (unpaired) electrons. The van der Waals surface area contributed by atoms with Gasteiger partial charge in [0.15, 0.2) is 0 Å². The number of rotatable bonds is 2. The monoisotopic (exact) mass is 233 g/mol. The molecule has 0 bridgehead atoms. The van der Waals surface area contributed by atoms with Crippen molar-refractivity contribution in [1.82, 2.24) is 24.5 Å². The van der Waals surface area contributed by atoms with Crippen LogP contribution in [0.4, 0.5) is 11.9 Å². The van der Waals surface area contributed by atoms with E-state index < -0.39 is 0 Å². The number of anilines is 2. The highest BCUT2D eigenvalue weighted by molar-refractivity contribution is 5.38. The summed E-state index contributed by atoms with van der Waals surface area (Å²) in [6.07, 6.45) is 4.91. The van der Waals surface area contributed by atoms with Gasteiger partial charge in [0.05, 0.1) is 12.2 Å². The number of nitrogens with zero attached hydrogens (tertiary/aromatic N) is 5. The van der Waals surface area contributed by atoms with E-state index in [1.807, 2.05) is 35.9 Å². The molecule has 0 saturated heterocycles. The molecule has 0 aromatic carbocycles. The fourth-order valence-electron chi connectivity index (χ4n) is 2.13. The average Bonchev–Trinajstić information content (AvgIpc) is 2.93. The van der Waals surface area contributed by atoms with Gasteiger partial charge in [0.2, 0.25) is 11.9 Å². The molecule has 2 aromatic heterocycles. The number of hydrogen-bond acceptors (Lipinski definition) is 5. The lowest BCUT2D eigenvalue weighted by Gasteiger charge is -2.23. The zero-order chi connectivity index (χ0) is 11.8. The van der Waals surface area contributed by atoms with Crippen molar-refractivity contribution in [2.24, 2.45) is 7.05 Å². The maximum absolute atomic E-state index is 4.43. The summed E-state index contributed by atoms with van der Waals surface area (Å²) in [5.74, 6) is 1.46. The first-order valence-electron chi connectivity index (χ1n) is 5.64. The molecule has 1 unspecified atom stereocenters. The van der Waals surface area contributed by atoms with Crippen molar-refractivity contribution >= 4 is 11.9 Å². The molecule has 3 rings (SSSR count). The molecule has 1 aliphatic heterocycles. The molecule has 3 heterocycles. The number of aromatic nitrogens is 5. The Bertz CT molecular complexity index is 526. The second-order valence-corrected chi connectivity index (χ2v) is 4.13. The van der Waals surface area contributed by atoms with Crippen LogP contribution in [0.3, 0.4) is 0 Å². The third-order valence-electron chi connectivity index (χ3n) is 2.96. The Morgan fingerprint density at radius 2 is 2.41 bits per heavy atom. The molecule has 1 aliphatic rings. The van der Waals surface area contributed by atoms with Crippen LogP contribution in [-0.2, 0) is 7.05 Å². The molecule has 2 aromatic rings. The minimum absolute atomic E-state index is 0.217. The van der Waals surface area contributed by atoms with E-state index in [1.54, 1.807) is 0 Å². The van der Waals surface area contributed by atoms with Crippen molar-refractivity contribution in [2.45, 2.75) is 12.5 Å². The minimum Gasteiger partial charge on any atom is -0.356 e. The largest absolute Gasteiger partial charge is 0.356 e. The van der Waals surface area contributed by atoms with Gasteiger partial charge < -0.3 is 10.6 Å². The van der Waals surface area contributed by atoms with E-state index in [0.717, 1.165) is 18.9 Å². The Balaban J connectivity index is 2.01. The van der Waals surface area contributed by atoms with Crippen molar-refractivity contribution in [3.05, 3.63) is 18.0 Å². The zero-order valence-electron chi connectivity index (χ0n) is 9.88. The lowest BCUT2D eigenvalue weighted by atomic mass is 10.1. The molecule has 0 amide bonds. The number of hydrogen-bond donors (Lipinski definition) is 2. The van der Waals surface area contributed by atoms with Crippen molar-refractivity contribution in [3.63, 3.8) is 0 Å². The SMILES string of the molecule is CNc1nc2n(n1)C(c1cnn(C)c1)CCN2. The molecule has 2 N–H and O–H groups in total. The van der Waals surface area contributed by atoms with Gasteiger partial charge in [-0.15, -0.1) is 5.10 Å². The highest BCUT2D eigenvalue weighted by Crippen LogP contribution is 2.28. The first-order valence-corrected chi connectivity index (χ1v) is 5.64. The highest BCUT2D eigenvalue weighted by Gasteiger charge is 2.25. The third-order valence-corrected chi connectivity index (χ3v) is 2.96. The normalized spacial score (nSPS) is 18.6. The summed E-state index contributed by atoms with van der Waals surface area (Å²) in [4.78, 5) is 4.35. The zero-order valence-corrected chi connectivity index (χ0v) is 9.88. The maximum atomic E-state index is 4.43. The Labute approximate surface area is 98.8 Å². The molecular weight excluding hydrogens is 218 g/mol. The molecular formula is C10H15N7. The van der Waals surface area contributed by atoms with Crippen LogP contribution in [0.5, 0.6) is 0 Å². The van der Waals surface area contributed by atoms with Crippen molar-refractivity contribution in [2.75, 3.05) is 24.2 Å². The number of nitrogens with one attached hydrogen (secondary N) is 2. The Morgan fingerprint density at radius 1 is 1.53 bits per heavy atom. The average molecular weight is 233 g/mol. The predicted molar refractivity (Wildman–Crippen MR) is 64.0 cm³/mol. The molecule has 0 aliphatic carbocycles. The summed E-state index contributed by atoms with van der Waals surface area (Å²) in [5.41, 5.74) is 1.17. The van der Waals surface area contributed by atoms with E-state index >= 15 is 0 Å². The summed E-state index contributed by atoms with van der Waals surface area (Å²) in [6, 6.07) is 0.217. The fraction of sp³-hybridized carbons (Fsp3) is 0.500. The topological polar surface area (TPSA) is 72.6 Å². The molecule has 1 atom stereocenters. The predicted octanol–water partition coefficient (Wildman–Crippen LogP) is 0.458. The summed E-state index contributed by atoms with van der Waals surface area (Å²) in [7, 11) is 3.74. The molecule has 0 fully saturated rings. The molecule has 17 heavy (non-hydrogen) atoms. The van der Waals surface area contributed by atoms with E-state index in [1.165, 1.54) is 5.56 Å². The first kappa shape index (κ1) is 10.1. The molecule has 7 nitrogen and oxygen atoms in total. The molecule has 7 heteroatoms. The summed E-state index contributed by atoms with van der Waals surface area (Å²) in [6.45, 7) is 0.904. The van der Waals surface area contributed by atoms with Gasteiger partial charge in [-0.25, -0.2) is 4.68 Å². The van der Waals surface area contributed by atoms with E-state index in [9.17, 15) is 0 Å². The van der Waals surface area contributed by atoms with Crippen LogP contribution >= 0.6 is 0 Å². The van der Waals surface area contributed by atoms with Gasteiger partial charge in [0, 0.05) is 32.4 Å². The van der Waals surface area contributed by atoms with E-state index in [0.29, 0.717) is 5.95 Å². The Kier molecular flexibility index (Phi) is 2.24. The van der Waals surface area contributed by atoms with Crippen LogP contribution < -0.4 is 10.6 Å². The van der Waals surface area contributed by atoms with Crippen LogP contribution in [0, 0.1) is 0 Å². The fourth-order valence-corrected chi connectivity index (χ4v) is 2.13. The Hall–Kier alpha value is -2.05. The second-order valence-electron chi connectivity index (χ2n) is 4.13.